The van der Waals surface area contributed by atoms with Crippen LogP contribution in [-0.4, -0.2) is 4.98 Å². The molecule has 2 aromatic rings. The van der Waals surface area contributed by atoms with Gasteiger partial charge in [0.05, 0.1) is 0 Å². The van der Waals surface area contributed by atoms with Crippen molar-refractivity contribution in [2.45, 2.75) is 6.92 Å². The van der Waals surface area contributed by atoms with Crippen LogP contribution in [0.3, 0.4) is 0 Å². The molecule has 0 saturated heterocycles. The Bertz CT molecular complexity index is 360. The molecule has 0 aliphatic rings. The monoisotopic (exact) mass is 144 g/mol. The highest BCUT2D eigenvalue weighted by molar-refractivity contribution is 5.83. The summed E-state index contributed by atoms with van der Waals surface area (Å²) in [6.07, 6.45) is 4.09. The fourth-order valence-corrected chi connectivity index (χ4v) is 1.36. The third-order valence-corrected chi connectivity index (χ3v) is 1.94. The Morgan fingerprint density at radius 2 is 2.18 bits per heavy atom. The molecule has 1 aromatic heterocycles. The van der Waals surface area contributed by atoms with Gasteiger partial charge in [-0.05, 0) is 24.1 Å². The van der Waals surface area contributed by atoms with Gasteiger partial charge in [0.1, 0.15) is 0 Å². The van der Waals surface area contributed by atoms with Crippen LogP contribution in [0.1, 0.15) is 12.5 Å². The molecule has 1 nitrogen and oxygen atoms in total. The second-order valence-corrected chi connectivity index (χ2v) is 2.57. The van der Waals surface area contributed by atoms with Crippen molar-refractivity contribution in [1.82, 2.24) is 4.98 Å². The maximum absolute atomic E-state index is 3.17. The van der Waals surface area contributed by atoms with Gasteiger partial charge in [-0.2, -0.15) is 0 Å². The Kier molecular flexibility index (Phi) is 1.42. The van der Waals surface area contributed by atoms with E-state index in [1.165, 1.54) is 16.5 Å². The average Bonchev–Trinajstić information content (AvgIpc) is 2.50. The van der Waals surface area contributed by atoms with Crippen LogP contribution in [0.15, 0.2) is 30.5 Å². The summed E-state index contributed by atoms with van der Waals surface area (Å²) >= 11 is 0. The molecule has 55 valence electrons. The number of aromatic amines is 1. The molecule has 11 heavy (non-hydrogen) atoms. The number of fused-ring (bicyclic) bond motifs is 1. The molecule has 0 fully saturated rings. The second-order valence-electron chi connectivity index (χ2n) is 2.57. The molecule has 1 aromatic carbocycles. The lowest BCUT2D eigenvalue weighted by Gasteiger charge is -1.96. The molecule has 0 amide bonds. The molecule has 2 rings (SSSR count). The molecule has 0 unspecified atom stereocenters. The van der Waals surface area contributed by atoms with Crippen LogP contribution in [0.5, 0.6) is 0 Å². The fourth-order valence-electron chi connectivity index (χ4n) is 1.36. The molecule has 0 saturated carbocycles. The highest BCUT2D eigenvalue weighted by Gasteiger charge is 1.97. The van der Waals surface area contributed by atoms with Crippen molar-refractivity contribution in [2.75, 3.05) is 0 Å². The zero-order valence-electron chi connectivity index (χ0n) is 6.46. The fraction of sp³-hybridized carbons (Fsp3) is 0.100. The predicted octanol–water partition coefficient (Wildman–Crippen LogP) is 2.74. The first-order chi connectivity index (χ1) is 5.42. The van der Waals surface area contributed by atoms with Crippen molar-refractivity contribution in [1.29, 1.82) is 0 Å². The maximum atomic E-state index is 3.17. The Morgan fingerprint density at radius 3 is 3.00 bits per heavy atom. The summed E-state index contributed by atoms with van der Waals surface area (Å²) in [7, 11) is 0. The lowest BCUT2D eigenvalue weighted by Crippen LogP contribution is -1.76. The molecule has 0 aliphatic carbocycles. The van der Waals surface area contributed by atoms with E-state index in [1.54, 1.807) is 0 Å². The van der Waals surface area contributed by atoms with Crippen LogP contribution >= 0.6 is 0 Å². The summed E-state index contributed by atoms with van der Waals surface area (Å²) in [5.41, 5.74) is 2.50. The number of hydrogen-bond acceptors (Lipinski definition) is 0. The summed E-state index contributed by atoms with van der Waals surface area (Å²) in [5, 5.41) is 1.30. The summed E-state index contributed by atoms with van der Waals surface area (Å²) in [6.45, 7) is 2.06. The normalized spacial score (nSPS) is 10.6. The number of rotatable bonds is 1. The lowest BCUT2D eigenvalue weighted by atomic mass is 10.1. The van der Waals surface area contributed by atoms with E-state index in [0.717, 1.165) is 0 Å². The largest absolute Gasteiger partial charge is 0.361 e. The number of nitrogens with one attached hydrogen (secondary N) is 1. The van der Waals surface area contributed by atoms with Gasteiger partial charge in [0.2, 0.25) is 0 Å². The molecule has 0 aliphatic heterocycles. The van der Waals surface area contributed by atoms with Gasteiger partial charge in [0.15, 0.2) is 0 Å². The van der Waals surface area contributed by atoms with E-state index < -0.39 is 0 Å². The third kappa shape index (κ3) is 0.929. The second kappa shape index (κ2) is 2.42. The number of H-pyrrole nitrogens is 1. The van der Waals surface area contributed by atoms with Crippen LogP contribution in [0.2, 0.25) is 0 Å². The van der Waals surface area contributed by atoms with Gasteiger partial charge in [-0.25, -0.2) is 0 Å². The SMILES string of the molecule is C[CH]c1cccc2[nH]ccc12. The van der Waals surface area contributed by atoms with Crippen LogP contribution in [-0.2, 0) is 0 Å². The predicted molar refractivity (Wildman–Crippen MR) is 47.4 cm³/mol. The van der Waals surface area contributed by atoms with Gasteiger partial charge in [-0.1, -0.05) is 19.1 Å². The smallest absolute Gasteiger partial charge is 0.0456 e. The van der Waals surface area contributed by atoms with Gasteiger partial charge in [0, 0.05) is 17.1 Å². The minimum absolute atomic E-state index is 1.21. The highest BCUT2D eigenvalue weighted by atomic mass is 14.7. The molecule has 0 atom stereocenters. The Hall–Kier alpha value is -1.24. The lowest BCUT2D eigenvalue weighted by molar-refractivity contribution is 1.45. The van der Waals surface area contributed by atoms with Gasteiger partial charge in [-0.3, -0.25) is 0 Å². The number of benzene rings is 1. The van der Waals surface area contributed by atoms with E-state index >= 15 is 0 Å². The summed E-state index contributed by atoms with van der Waals surface area (Å²) in [6, 6.07) is 8.37. The molecular formula is C10H10N. The topological polar surface area (TPSA) is 15.8 Å². The van der Waals surface area contributed by atoms with Gasteiger partial charge >= 0.3 is 0 Å². The quantitative estimate of drug-likeness (QED) is 0.633. The van der Waals surface area contributed by atoms with Gasteiger partial charge < -0.3 is 4.98 Å². The highest BCUT2D eigenvalue weighted by Crippen LogP contribution is 2.17. The van der Waals surface area contributed by atoms with E-state index in [4.69, 9.17) is 0 Å². The standard InChI is InChI=1S/C10H10N/c1-2-8-4-3-5-10-9(8)6-7-11-10/h2-7,11H,1H3. The first-order valence-corrected chi connectivity index (χ1v) is 3.77. The summed E-state index contributed by atoms with van der Waals surface area (Å²) < 4.78 is 0. The van der Waals surface area contributed by atoms with E-state index in [2.05, 4.69) is 42.6 Å². The molecule has 1 heterocycles. The van der Waals surface area contributed by atoms with Crippen LogP contribution < -0.4 is 0 Å². The molecule has 0 bridgehead atoms. The van der Waals surface area contributed by atoms with Crippen molar-refractivity contribution in [2.24, 2.45) is 0 Å². The molecule has 1 radical (unpaired) electrons. The Morgan fingerprint density at radius 1 is 1.27 bits per heavy atom. The van der Waals surface area contributed by atoms with Crippen molar-refractivity contribution >= 4 is 10.9 Å². The van der Waals surface area contributed by atoms with Crippen molar-refractivity contribution in [3.8, 4) is 0 Å². The van der Waals surface area contributed by atoms with Gasteiger partial charge in [-0.15, -0.1) is 0 Å². The van der Waals surface area contributed by atoms with E-state index in [9.17, 15) is 0 Å². The average molecular weight is 144 g/mol. The first-order valence-electron chi connectivity index (χ1n) is 3.77. The zero-order valence-corrected chi connectivity index (χ0v) is 6.46. The third-order valence-electron chi connectivity index (χ3n) is 1.94. The van der Waals surface area contributed by atoms with Crippen LogP contribution in [0, 0.1) is 6.42 Å². The van der Waals surface area contributed by atoms with Crippen LogP contribution in [0.25, 0.3) is 10.9 Å². The van der Waals surface area contributed by atoms with Crippen molar-refractivity contribution in [3.05, 3.63) is 42.4 Å². The minimum atomic E-state index is 1.21. The van der Waals surface area contributed by atoms with E-state index in [-0.39, 0.29) is 0 Å². The van der Waals surface area contributed by atoms with Gasteiger partial charge in [0.25, 0.3) is 0 Å². The Balaban J connectivity index is 2.79. The molecule has 1 heteroatoms. The summed E-state index contributed by atoms with van der Waals surface area (Å²) in [5.74, 6) is 0. The zero-order chi connectivity index (χ0) is 7.68. The number of aromatic nitrogens is 1. The minimum Gasteiger partial charge on any atom is -0.361 e. The van der Waals surface area contributed by atoms with Crippen LogP contribution in [0.4, 0.5) is 0 Å². The number of hydrogen-bond donors (Lipinski definition) is 1. The summed E-state index contributed by atoms with van der Waals surface area (Å²) in [4.78, 5) is 3.17. The van der Waals surface area contributed by atoms with E-state index in [1.807, 2.05) is 6.20 Å². The van der Waals surface area contributed by atoms with Crippen molar-refractivity contribution in [3.63, 3.8) is 0 Å². The molecule has 0 spiro atoms. The molecule has 1 N–H and O–H groups in total. The maximum Gasteiger partial charge on any atom is 0.0456 e. The first kappa shape index (κ1) is 6.47. The Labute approximate surface area is 66.1 Å². The van der Waals surface area contributed by atoms with E-state index in [0.29, 0.717) is 0 Å². The molecular weight excluding hydrogens is 134 g/mol. The van der Waals surface area contributed by atoms with Crippen molar-refractivity contribution < 1.29 is 0 Å².